The number of amides is 1. The molecule has 2 atom stereocenters. The van der Waals surface area contributed by atoms with Crippen LogP contribution in [0.2, 0.25) is 0 Å². The molecule has 1 rings (SSSR count). The zero-order valence-electron chi connectivity index (χ0n) is 8.77. The first-order chi connectivity index (χ1) is 7.02. The number of rotatable bonds is 4. The summed E-state index contributed by atoms with van der Waals surface area (Å²) in [4.78, 5) is 11.7. The SMILES string of the molecule is CC(CO)(CO)NC(=O)C1COCC1N. The summed E-state index contributed by atoms with van der Waals surface area (Å²) in [5.74, 6) is -0.687. The standard InChI is InChI=1S/C9H18N2O4/c1-9(4-12,5-13)11-8(14)6-2-15-3-7(6)10/h6-7,12-13H,2-5,10H2,1H3,(H,11,14). The molecule has 88 valence electrons. The lowest BCUT2D eigenvalue weighted by Gasteiger charge is -2.28. The maximum Gasteiger partial charge on any atom is 0.227 e. The van der Waals surface area contributed by atoms with Crippen LogP contribution >= 0.6 is 0 Å². The minimum atomic E-state index is -1.00. The molecule has 0 radical (unpaired) electrons. The van der Waals surface area contributed by atoms with E-state index >= 15 is 0 Å². The summed E-state index contributed by atoms with van der Waals surface area (Å²) in [5, 5.41) is 20.6. The third-order valence-electron chi connectivity index (χ3n) is 2.58. The minimum absolute atomic E-state index is 0.286. The molecule has 0 bridgehead atoms. The molecule has 1 saturated heterocycles. The Labute approximate surface area is 88.4 Å². The van der Waals surface area contributed by atoms with Crippen LogP contribution in [0.5, 0.6) is 0 Å². The fourth-order valence-corrected chi connectivity index (χ4v) is 1.36. The normalized spacial score (nSPS) is 26.7. The molecule has 1 fully saturated rings. The van der Waals surface area contributed by atoms with Crippen molar-refractivity contribution in [3.05, 3.63) is 0 Å². The van der Waals surface area contributed by atoms with Crippen molar-refractivity contribution in [1.82, 2.24) is 5.32 Å². The van der Waals surface area contributed by atoms with Gasteiger partial charge in [-0.2, -0.15) is 0 Å². The van der Waals surface area contributed by atoms with Gasteiger partial charge < -0.3 is 26.0 Å². The topological polar surface area (TPSA) is 105 Å². The van der Waals surface area contributed by atoms with Gasteiger partial charge in [0, 0.05) is 6.04 Å². The Morgan fingerprint density at radius 2 is 2.13 bits per heavy atom. The van der Waals surface area contributed by atoms with Gasteiger partial charge in [0.1, 0.15) is 0 Å². The molecule has 15 heavy (non-hydrogen) atoms. The smallest absolute Gasteiger partial charge is 0.227 e. The molecule has 0 aliphatic carbocycles. The molecule has 6 nitrogen and oxygen atoms in total. The van der Waals surface area contributed by atoms with Crippen molar-refractivity contribution in [3.8, 4) is 0 Å². The molecular weight excluding hydrogens is 200 g/mol. The van der Waals surface area contributed by atoms with Crippen LogP contribution < -0.4 is 11.1 Å². The summed E-state index contributed by atoms with van der Waals surface area (Å²) in [6.07, 6.45) is 0. The van der Waals surface area contributed by atoms with Crippen molar-refractivity contribution < 1.29 is 19.7 Å². The fourth-order valence-electron chi connectivity index (χ4n) is 1.36. The van der Waals surface area contributed by atoms with E-state index in [1.165, 1.54) is 0 Å². The molecule has 1 aliphatic heterocycles. The molecule has 0 saturated carbocycles. The number of nitrogens with two attached hydrogens (primary N) is 1. The lowest BCUT2D eigenvalue weighted by atomic mass is 9.99. The molecule has 0 aromatic heterocycles. The molecule has 1 heterocycles. The Hall–Kier alpha value is -0.690. The largest absolute Gasteiger partial charge is 0.394 e. The van der Waals surface area contributed by atoms with E-state index in [2.05, 4.69) is 5.32 Å². The number of ether oxygens (including phenoxy) is 1. The molecule has 1 aliphatic rings. The van der Waals surface area contributed by atoms with Gasteiger partial charge in [0.05, 0.1) is 37.9 Å². The monoisotopic (exact) mass is 218 g/mol. The summed E-state index contributed by atoms with van der Waals surface area (Å²) in [5.41, 5.74) is 4.67. The third-order valence-corrected chi connectivity index (χ3v) is 2.58. The second-order valence-electron chi connectivity index (χ2n) is 4.17. The van der Waals surface area contributed by atoms with E-state index in [4.69, 9.17) is 20.7 Å². The highest BCUT2D eigenvalue weighted by atomic mass is 16.5. The summed E-state index contributed by atoms with van der Waals surface area (Å²) < 4.78 is 5.06. The number of hydrogen-bond donors (Lipinski definition) is 4. The average molecular weight is 218 g/mol. The van der Waals surface area contributed by atoms with Crippen molar-refractivity contribution in [2.75, 3.05) is 26.4 Å². The van der Waals surface area contributed by atoms with Gasteiger partial charge in [0.25, 0.3) is 0 Å². The first-order valence-electron chi connectivity index (χ1n) is 4.89. The zero-order chi connectivity index (χ0) is 11.5. The molecule has 6 heteroatoms. The maximum absolute atomic E-state index is 11.7. The van der Waals surface area contributed by atoms with Crippen LogP contribution in [0.15, 0.2) is 0 Å². The lowest BCUT2D eigenvalue weighted by molar-refractivity contribution is -0.128. The van der Waals surface area contributed by atoms with E-state index in [0.29, 0.717) is 13.2 Å². The van der Waals surface area contributed by atoms with Gasteiger partial charge in [-0.05, 0) is 6.92 Å². The van der Waals surface area contributed by atoms with Crippen molar-refractivity contribution in [2.45, 2.75) is 18.5 Å². The van der Waals surface area contributed by atoms with Crippen LogP contribution in [0.4, 0.5) is 0 Å². The fraction of sp³-hybridized carbons (Fsp3) is 0.889. The van der Waals surface area contributed by atoms with E-state index in [9.17, 15) is 4.79 Å². The van der Waals surface area contributed by atoms with Crippen molar-refractivity contribution in [3.63, 3.8) is 0 Å². The van der Waals surface area contributed by atoms with Crippen LogP contribution in [0.25, 0.3) is 0 Å². The van der Waals surface area contributed by atoms with Gasteiger partial charge in [-0.3, -0.25) is 4.79 Å². The van der Waals surface area contributed by atoms with Crippen LogP contribution in [0.1, 0.15) is 6.92 Å². The zero-order valence-corrected chi connectivity index (χ0v) is 8.77. The van der Waals surface area contributed by atoms with Crippen LogP contribution in [0, 0.1) is 5.92 Å². The Morgan fingerprint density at radius 3 is 2.53 bits per heavy atom. The van der Waals surface area contributed by atoms with Crippen LogP contribution in [0.3, 0.4) is 0 Å². The second-order valence-corrected chi connectivity index (χ2v) is 4.17. The molecular formula is C9H18N2O4. The van der Waals surface area contributed by atoms with Gasteiger partial charge in [0.15, 0.2) is 0 Å². The van der Waals surface area contributed by atoms with E-state index in [0.717, 1.165) is 0 Å². The van der Waals surface area contributed by atoms with Gasteiger partial charge in [-0.15, -0.1) is 0 Å². The molecule has 2 unspecified atom stereocenters. The first kappa shape index (κ1) is 12.4. The molecule has 1 amide bonds. The van der Waals surface area contributed by atoms with E-state index in [1.54, 1.807) is 6.92 Å². The van der Waals surface area contributed by atoms with Gasteiger partial charge >= 0.3 is 0 Å². The summed E-state index contributed by atoms with van der Waals surface area (Å²) in [6.45, 7) is 1.58. The molecule has 0 aromatic rings. The first-order valence-corrected chi connectivity index (χ1v) is 4.89. The Balaban J connectivity index is 2.54. The summed E-state index contributed by atoms with van der Waals surface area (Å²) >= 11 is 0. The number of aliphatic hydroxyl groups excluding tert-OH is 2. The maximum atomic E-state index is 11.7. The highest BCUT2D eigenvalue weighted by Gasteiger charge is 2.35. The summed E-state index contributed by atoms with van der Waals surface area (Å²) in [6, 6.07) is -0.313. The van der Waals surface area contributed by atoms with E-state index in [-0.39, 0.29) is 25.2 Å². The number of carbonyl (C=O) groups excluding carboxylic acids is 1. The van der Waals surface area contributed by atoms with Crippen molar-refractivity contribution in [1.29, 1.82) is 0 Å². The predicted octanol–water partition coefficient (Wildman–Crippen LogP) is -2.18. The van der Waals surface area contributed by atoms with Crippen molar-refractivity contribution in [2.24, 2.45) is 11.7 Å². The average Bonchev–Trinajstić information content (AvgIpc) is 2.64. The highest BCUT2D eigenvalue weighted by molar-refractivity contribution is 5.80. The second kappa shape index (κ2) is 4.89. The number of aliphatic hydroxyl groups is 2. The number of carbonyl (C=O) groups is 1. The van der Waals surface area contributed by atoms with E-state index in [1.807, 2.05) is 0 Å². The van der Waals surface area contributed by atoms with Gasteiger partial charge in [-0.25, -0.2) is 0 Å². The third kappa shape index (κ3) is 2.88. The van der Waals surface area contributed by atoms with Crippen LogP contribution in [-0.4, -0.2) is 54.1 Å². The quantitative estimate of drug-likeness (QED) is 0.429. The Morgan fingerprint density at radius 1 is 1.53 bits per heavy atom. The van der Waals surface area contributed by atoms with Gasteiger partial charge in [-0.1, -0.05) is 0 Å². The summed E-state index contributed by atoms with van der Waals surface area (Å²) in [7, 11) is 0. The lowest BCUT2D eigenvalue weighted by Crippen LogP contribution is -2.55. The van der Waals surface area contributed by atoms with Crippen molar-refractivity contribution >= 4 is 5.91 Å². The minimum Gasteiger partial charge on any atom is -0.394 e. The Kier molecular flexibility index (Phi) is 4.04. The van der Waals surface area contributed by atoms with Gasteiger partial charge in [0.2, 0.25) is 5.91 Å². The van der Waals surface area contributed by atoms with E-state index < -0.39 is 11.5 Å². The molecule has 0 aromatic carbocycles. The predicted molar refractivity (Wildman–Crippen MR) is 53.0 cm³/mol. The Bertz CT molecular complexity index is 230. The molecule has 0 spiro atoms. The number of nitrogens with one attached hydrogen (secondary N) is 1. The highest BCUT2D eigenvalue weighted by Crippen LogP contribution is 2.13. The molecule has 5 N–H and O–H groups in total. The van der Waals surface area contributed by atoms with Crippen LogP contribution in [-0.2, 0) is 9.53 Å². The number of hydrogen-bond acceptors (Lipinski definition) is 5.